The number of ether oxygens (including phenoxy) is 1. The molecule has 0 spiro atoms. The van der Waals surface area contributed by atoms with Crippen LogP contribution >= 0.6 is 23.2 Å². The first-order chi connectivity index (χ1) is 16.9. The van der Waals surface area contributed by atoms with Gasteiger partial charge in [-0.1, -0.05) is 23.2 Å². The van der Waals surface area contributed by atoms with E-state index in [0.717, 1.165) is 12.1 Å². The third-order valence-electron chi connectivity index (χ3n) is 4.02. The van der Waals surface area contributed by atoms with Gasteiger partial charge in [0.15, 0.2) is 10.9 Å². The summed E-state index contributed by atoms with van der Waals surface area (Å²) in [5.74, 6) is -1.97. The van der Waals surface area contributed by atoms with Crippen LogP contribution in [0.25, 0.3) is 21.8 Å². The first kappa shape index (κ1) is 18.0. The molecule has 0 aliphatic carbocycles. The Hall–Kier alpha value is -3.62. The Kier molecular flexibility index (Phi) is 5.44. The van der Waals surface area contributed by atoms with Gasteiger partial charge in [-0.2, -0.15) is 0 Å². The minimum atomic E-state index is -1.30. The summed E-state index contributed by atoms with van der Waals surface area (Å²) >= 11 is 11.5. The number of carboxylic acid groups (broad SMARTS) is 1. The van der Waals surface area contributed by atoms with Gasteiger partial charge in [-0.05, 0) is 43.2 Å². The van der Waals surface area contributed by atoms with E-state index in [1.807, 2.05) is 0 Å². The molecule has 2 aromatic carbocycles. The fourth-order valence-corrected chi connectivity index (χ4v) is 2.92. The van der Waals surface area contributed by atoms with Crippen molar-refractivity contribution in [2.24, 2.45) is 0 Å². The maximum absolute atomic E-state index is 11.9. The third kappa shape index (κ3) is 5.16. The van der Waals surface area contributed by atoms with Crippen LogP contribution < -0.4 is 10.9 Å². The molecule has 0 amide bonds. The first-order valence-corrected chi connectivity index (χ1v) is 9.68. The van der Waals surface area contributed by atoms with Gasteiger partial charge in [0.25, 0.3) is 0 Å². The summed E-state index contributed by atoms with van der Waals surface area (Å²) in [5.41, 5.74) is -1.23. The van der Waals surface area contributed by atoms with Crippen LogP contribution in [0.15, 0.2) is 58.0 Å². The lowest BCUT2D eigenvalue weighted by Gasteiger charge is -2.04. The number of carboxylic acids is 1. The van der Waals surface area contributed by atoms with Crippen molar-refractivity contribution in [3.05, 3.63) is 90.3 Å². The molecule has 0 atom stereocenters. The number of aromatic amines is 2. The molecule has 3 N–H and O–H groups in total. The van der Waals surface area contributed by atoms with Gasteiger partial charge in [0, 0.05) is 33.0 Å². The Bertz CT molecular complexity index is 1670. The number of aromatic nitrogens is 2. The summed E-state index contributed by atoms with van der Waals surface area (Å²) in [7, 11) is 0. The summed E-state index contributed by atoms with van der Waals surface area (Å²) in [6.07, 6.45) is 0. The van der Waals surface area contributed by atoms with Gasteiger partial charge in [0.1, 0.15) is 11.4 Å². The SMILES string of the molecule is [2H]c1cc2c(=O)cc(C(=O)O)[nH]c2c([2H])c1Cl.[2H]c1cc2c(=O)cc(C(=O)OCC)[nH]c2c([2H])c1Cl. The highest BCUT2D eigenvalue weighted by Gasteiger charge is 2.10. The first-order valence-electron chi connectivity index (χ1n) is 10.9. The molecule has 2 heterocycles. The van der Waals surface area contributed by atoms with Crippen LogP contribution in [0.4, 0.5) is 0 Å². The van der Waals surface area contributed by atoms with E-state index in [1.54, 1.807) is 6.92 Å². The number of benzene rings is 2. The molecule has 0 unspecified atom stereocenters. The van der Waals surface area contributed by atoms with Crippen LogP contribution in [0, 0.1) is 0 Å². The highest BCUT2D eigenvalue weighted by molar-refractivity contribution is 6.31. The maximum Gasteiger partial charge on any atom is 0.354 e. The lowest BCUT2D eigenvalue weighted by molar-refractivity contribution is 0.0519. The van der Waals surface area contributed by atoms with Crippen molar-refractivity contribution < 1.29 is 24.9 Å². The Morgan fingerprint density at radius 2 is 1.44 bits per heavy atom. The zero-order chi connectivity index (χ0) is 26.9. The minimum absolute atomic E-state index is 0.0240. The Balaban J connectivity index is 0.000000202. The van der Waals surface area contributed by atoms with Crippen molar-refractivity contribution in [2.45, 2.75) is 6.92 Å². The Morgan fingerprint density at radius 3 is 1.91 bits per heavy atom. The molecule has 10 heteroatoms. The van der Waals surface area contributed by atoms with E-state index in [-0.39, 0.29) is 74.0 Å². The number of hydrogen-bond donors (Lipinski definition) is 3. The average Bonchev–Trinajstić information content (AvgIpc) is 2.82. The van der Waals surface area contributed by atoms with Crippen molar-refractivity contribution >= 4 is 56.9 Å². The Morgan fingerprint density at radius 1 is 0.969 bits per heavy atom. The molecule has 4 aromatic rings. The summed E-state index contributed by atoms with van der Waals surface area (Å²) < 4.78 is 35.2. The maximum atomic E-state index is 11.9. The highest BCUT2D eigenvalue weighted by Crippen LogP contribution is 2.16. The summed E-state index contributed by atoms with van der Waals surface area (Å²) in [4.78, 5) is 51.0. The number of carbonyl (C=O) groups excluding carboxylic acids is 1. The second-order valence-electron chi connectivity index (χ2n) is 6.15. The quantitative estimate of drug-likeness (QED) is 0.377. The lowest BCUT2D eigenvalue weighted by Crippen LogP contribution is -2.12. The number of rotatable bonds is 3. The smallest absolute Gasteiger partial charge is 0.354 e. The predicted molar refractivity (Wildman–Crippen MR) is 122 cm³/mol. The van der Waals surface area contributed by atoms with Gasteiger partial charge >= 0.3 is 11.9 Å². The normalized spacial score (nSPS) is 12.2. The predicted octanol–water partition coefficient (Wildman–Crippen LogP) is 4.24. The Labute approximate surface area is 196 Å². The number of aromatic carboxylic acids is 1. The van der Waals surface area contributed by atoms with Crippen LogP contribution in [0.3, 0.4) is 0 Å². The average molecular weight is 479 g/mol. The summed E-state index contributed by atoms with van der Waals surface area (Å²) in [6, 6.07) is 3.79. The van der Waals surface area contributed by atoms with Gasteiger partial charge in [-0.25, -0.2) is 9.59 Å². The van der Waals surface area contributed by atoms with Crippen molar-refractivity contribution in [3.8, 4) is 0 Å². The molecule has 164 valence electrons. The van der Waals surface area contributed by atoms with Crippen LogP contribution in [-0.2, 0) is 4.74 Å². The minimum Gasteiger partial charge on any atom is -0.477 e. The highest BCUT2D eigenvalue weighted by atomic mass is 35.5. The van der Waals surface area contributed by atoms with Gasteiger partial charge in [-0.3, -0.25) is 9.59 Å². The van der Waals surface area contributed by atoms with E-state index in [0.29, 0.717) is 0 Å². The van der Waals surface area contributed by atoms with Crippen LogP contribution in [0.5, 0.6) is 0 Å². The molecule has 0 aliphatic rings. The van der Waals surface area contributed by atoms with Crippen LogP contribution in [0.2, 0.25) is 10.0 Å². The van der Waals surface area contributed by atoms with Crippen LogP contribution in [-0.4, -0.2) is 33.6 Å². The topological polar surface area (TPSA) is 129 Å². The van der Waals surface area contributed by atoms with Crippen molar-refractivity contribution in [2.75, 3.05) is 6.61 Å². The number of esters is 1. The van der Waals surface area contributed by atoms with E-state index in [2.05, 4.69) is 9.97 Å². The fraction of sp³-hybridized carbons (Fsp3) is 0.0909. The number of hydrogen-bond acceptors (Lipinski definition) is 5. The van der Waals surface area contributed by atoms with Crippen molar-refractivity contribution in [1.29, 1.82) is 0 Å². The molecule has 0 fully saturated rings. The second-order valence-corrected chi connectivity index (χ2v) is 6.91. The van der Waals surface area contributed by atoms with Gasteiger partial charge < -0.3 is 19.8 Å². The van der Waals surface area contributed by atoms with Crippen molar-refractivity contribution in [1.82, 2.24) is 9.97 Å². The van der Waals surface area contributed by atoms with E-state index in [1.165, 1.54) is 12.1 Å². The molecule has 4 rings (SSSR count). The van der Waals surface area contributed by atoms with E-state index >= 15 is 0 Å². The van der Waals surface area contributed by atoms with Gasteiger partial charge in [-0.15, -0.1) is 0 Å². The molecule has 0 bridgehead atoms. The number of pyridine rings is 2. The summed E-state index contributed by atoms with van der Waals surface area (Å²) in [6.45, 7) is 1.83. The molecular weight excluding hydrogens is 459 g/mol. The number of nitrogens with one attached hydrogen (secondary N) is 2. The number of halogens is 2. The molecular formula is C22H16Cl2N2O6. The van der Waals surface area contributed by atoms with Crippen LogP contribution in [0.1, 0.15) is 33.4 Å². The third-order valence-corrected chi connectivity index (χ3v) is 4.43. The van der Waals surface area contributed by atoms with E-state index < -0.39 is 22.8 Å². The molecule has 8 nitrogen and oxygen atoms in total. The van der Waals surface area contributed by atoms with Gasteiger partial charge in [0.05, 0.1) is 23.1 Å². The van der Waals surface area contributed by atoms with Gasteiger partial charge in [0.2, 0.25) is 0 Å². The number of H-pyrrole nitrogens is 2. The number of carbonyl (C=O) groups is 2. The molecule has 32 heavy (non-hydrogen) atoms. The number of fused-ring (bicyclic) bond motifs is 2. The molecule has 0 aliphatic heterocycles. The fourth-order valence-electron chi connectivity index (χ4n) is 2.62. The zero-order valence-corrected chi connectivity index (χ0v) is 17.8. The second kappa shape index (κ2) is 9.67. The molecule has 2 aromatic heterocycles. The largest absolute Gasteiger partial charge is 0.477 e. The molecule has 0 saturated carbocycles. The lowest BCUT2D eigenvalue weighted by atomic mass is 10.2. The monoisotopic (exact) mass is 478 g/mol. The summed E-state index contributed by atoms with van der Waals surface area (Å²) in [5, 5.41) is 8.80. The molecule has 0 radical (unpaired) electrons. The zero-order valence-electron chi connectivity index (χ0n) is 20.3. The van der Waals surface area contributed by atoms with E-state index in [4.69, 9.17) is 38.5 Å². The standard InChI is InChI=1S/C12H10ClNO3.C10H6ClNO3/c1-2-17-12(16)10-6-11(15)8-4-3-7(13)5-9(8)14-10;11-5-1-2-6-7(3-5)12-8(10(14)15)4-9(6)13/h3-6H,2H2,1H3,(H,14,15);1-4H,(H,12,13)(H,14,15)/i3D,5D;1D,3D. The van der Waals surface area contributed by atoms with E-state index in [9.17, 15) is 19.2 Å². The van der Waals surface area contributed by atoms with Crippen molar-refractivity contribution in [3.63, 3.8) is 0 Å². The molecule has 0 saturated heterocycles.